The first-order valence-electron chi connectivity index (χ1n) is 6.37. The lowest BCUT2D eigenvalue weighted by Gasteiger charge is -2.37. The summed E-state index contributed by atoms with van der Waals surface area (Å²) in [6, 6.07) is 5.51. The fourth-order valence-electron chi connectivity index (χ4n) is 2.58. The van der Waals surface area contributed by atoms with E-state index in [0.717, 1.165) is 30.8 Å². The van der Waals surface area contributed by atoms with Gasteiger partial charge in [0.15, 0.2) is 0 Å². The smallest absolute Gasteiger partial charge is 0.125 e. The van der Waals surface area contributed by atoms with E-state index in [1.165, 1.54) is 12.5 Å². The molecule has 1 aliphatic heterocycles. The van der Waals surface area contributed by atoms with Crippen LogP contribution in [-0.2, 0) is 5.88 Å². The van der Waals surface area contributed by atoms with Gasteiger partial charge in [-0.1, -0.05) is 0 Å². The third-order valence-electron chi connectivity index (χ3n) is 3.65. The van der Waals surface area contributed by atoms with E-state index in [1.54, 1.807) is 6.07 Å². The maximum absolute atomic E-state index is 13.5. The summed E-state index contributed by atoms with van der Waals surface area (Å²) in [6.07, 6.45) is 2.36. The highest BCUT2D eigenvalue weighted by atomic mass is 35.5. The van der Waals surface area contributed by atoms with E-state index >= 15 is 0 Å². The zero-order valence-electron chi connectivity index (χ0n) is 11.0. The molecule has 0 spiro atoms. The highest BCUT2D eigenvalue weighted by Gasteiger charge is 2.21. The molecule has 0 aromatic heterocycles. The predicted octanol–water partition coefficient (Wildman–Crippen LogP) is 3.09. The van der Waals surface area contributed by atoms with Crippen LogP contribution in [0.1, 0.15) is 18.4 Å². The van der Waals surface area contributed by atoms with Crippen molar-refractivity contribution >= 4 is 17.3 Å². The molecule has 1 saturated heterocycles. The Bertz CT molecular complexity index is 411. The van der Waals surface area contributed by atoms with Crippen LogP contribution in [0.2, 0.25) is 0 Å². The first-order chi connectivity index (χ1) is 8.60. The molecule has 0 radical (unpaired) electrons. The summed E-state index contributed by atoms with van der Waals surface area (Å²) in [5.74, 6) is 0.141. The molecule has 1 unspecified atom stereocenters. The summed E-state index contributed by atoms with van der Waals surface area (Å²) < 4.78 is 13.5. The van der Waals surface area contributed by atoms with E-state index < -0.39 is 0 Å². The Morgan fingerprint density at radius 2 is 2.22 bits per heavy atom. The Labute approximate surface area is 113 Å². The van der Waals surface area contributed by atoms with Crippen molar-refractivity contribution in [2.75, 3.05) is 32.1 Å². The molecule has 0 bridgehead atoms. The lowest BCUT2D eigenvalue weighted by molar-refractivity contribution is 0.248. The molecular weight excluding hydrogens is 251 g/mol. The van der Waals surface area contributed by atoms with Crippen LogP contribution in [0.15, 0.2) is 18.2 Å². The van der Waals surface area contributed by atoms with Crippen molar-refractivity contribution in [3.63, 3.8) is 0 Å². The topological polar surface area (TPSA) is 6.48 Å². The van der Waals surface area contributed by atoms with Crippen LogP contribution < -0.4 is 4.90 Å². The Morgan fingerprint density at radius 1 is 1.44 bits per heavy atom. The SMILES string of the molecule is CN1CCCC(N(C)c2cc(F)cc(CCl)c2)C1. The molecule has 18 heavy (non-hydrogen) atoms. The van der Waals surface area contributed by atoms with Crippen molar-refractivity contribution in [2.45, 2.75) is 24.8 Å². The molecule has 0 N–H and O–H groups in total. The molecule has 100 valence electrons. The second-order valence-electron chi connectivity index (χ2n) is 5.12. The minimum Gasteiger partial charge on any atom is -0.370 e. The summed E-state index contributed by atoms with van der Waals surface area (Å²) in [4.78, 5) is 4.50. The number of benzene rings is 1. The lowest BCUT2D eigenvalue weighted by Crippen LogP contribution is -2.45. The van der Waals surface area contributed by atoms with Gasteiger partial charge in [-0.25, -0.2) is 4.39 Å². The summed E-state index contributed by atoms with van der Waals surface area (Å²) in [5.41, 5.74) is 1.76. The van der Waals surface area contributed by atoms with Crippen molar-refractivity contribution in [2.24, 2.45) is 0 Å². The van der Waals surface area contributed by atoms with Gasteiger partial charge in [0, 0.05) is 31.2 Å². The maximum Gasteiger partial charge on any atom is 0.125 e. The number of anilines is 1. The van der Waals surface area contributed by atoms with Crippen LogP contribution in [0.3, 0.4) is 0 Å². The molecule has 0 aliphatic carbocycles. The van der Waals surface area contributed by atoms with E-state index in [2.05, 4.69) is 16.8 Å². The van der Waals surface area contributed by atoms with Crippen LogP contribution >= 0.6 is 11.6 Å². The zero-order chi connectivity index (χ0) is 13.1. The van der Waals surface area contributed by atoms with Gasteiger partial charge in [-0.15, -0.1) is 11.6 Å². The Morgan fingerprint density at radius 3 is 2.89 bits per heavy atom. The van der Waals surface area contributed by atoms with Crippen molar-refractivity contribution in [1.29, 1.82) is 0 Å². The van der Waals surface area contributed by atoms with Crippen LogP contribution in [-0.4, -0.2) is 38.1 Å². The normalized spacial score (nSPS) is 21.0. The van der Waals surface area contributed by atoms with Gasteiger partial charge < -0.3 is 9.80 Å². The standard InChI is InChI=1S/C14H20ClFN2/c1-17-5-3-4-13(10-17)18(2)14-7-11(9-15)6-12(16)8-14/h6-8,13H,3-5,9-10H2,1-2H3. The van der Waals surface area contributed by atoms with Gasteiger partial charge in [0.2, 0.25) is 0 Å². The number of piperidine rings is 1. The monoisotopic (exact) mass is 270 g/mol. The van der Waals surface area contributed by atoms with Gasteiger partial charge in [-0.05, 0) is 50.2 Å². The minimum atomic E-state index is -0.209. The van der Waals surface area contributed by atoms with Gasteiger partial charge >= 0.3 is 0 Å². The highest BCUT2D eigenvalue weighted by molar-refractivity contribution is 6.17. The zero-order valence-corrected chi connectivity index (χ0v) is 11.8. The molecule has 1 heterocycles. The molecule has 1 fully saturated rings. The van der Waals surface area contributed by atoms with Gasteiger partial charge in [0.1, 0.15) is 5.82 Å². The molecule has 1 aromatic rings. The third-order valence-corrected chi connectivity index (χ3v) is 3.96. The summed E-state index contributed by atoms with van der Waals surface area (Å²) in [5, 5.41) is 0. The average molecular weight is 271 g/mol. The quantitative estimate of drug-likeness (QED) is 0.779. The second-order valence-corrected chi connectivity index (χ2v) is 5.39. The molecule has 2 nitrogen and oxygen atoms in total. The predicted molar refractivity (Wildman–Crippen MR) is 74.9 cm³/mol. The Kier molecular flexibility index (Phi) is 4.46. The van der Waals surface area contributed by atoms with Crippen molar-refractivity contribution in [1.82, 2.24) is 4.90 Å². The number of nitrogens with zero attached hydrogens (tertiary/aromatic N) is 2. The average Bonchev–Trinajstić information content (AvgIpc) is 2.37. The molecule has 1 aliphatic rings. The van der Waals surface area contributed by atoms with Crippen molar-refractivity contribution in [3.05, 3.63) is 29.6 Å². The van der Waals surface area contributed by atoms with Crippen LogP contribution in [0.5, 0.6) is 0 Å². The number of likely N-dealkylation sites (N-methyl/N-ethyl adjacent to an activating group) is 2. The lowest BCUT2D eigenvalue weighted by atomic mass is 10.0. The summed E-state index contributed by atoms with van der Waals surface area (Å²) in [6.45, 7) is 2.18. The van der Waals surface area contributed by atoms with Crippen LogP contribution in [0, 0.1) is 5.82 Å². The van der Waals surface area contributed by atoms with E-state index in [4.69, 9.17) is 11.6 Å². The van der Waals surface area contributed by atoms with Crippen molar-refractivity contribution < 1.29 is 4.39 Å². The number of alkyl halides is 1. The van der Waals surface area contributed by atoms with E-state index in [-0.39, 0.29) is 5.82 Å². The molecular formula is C14H20ClFN2. The molecule has 4 heteroatoms. The molecule has 0 saturated carbocycles. The van der Waals surface area contributed by atoms with Crippen LogP contribution in [0.25, 0.3) is 0 Å². The molecule has 2 rings (SSSR count). The van der Waals surface area contributed by atoms with Gasteiger partial charge in [-0.2, -0.15) is 0 Å². The summed E-state index contributed by atoms with van der Waals surface area (Å²) in [7, 11) is 4.17. The fourth-order valence-corrected chi connectivity index (χ4v) is 2.73. The second kappa shape index (κ2) is 5.89. The molecule has 1 atom stereocenters. The number of hydrogen-bond donors (Lipinski definition) is 0. The number of rotatable bonds is 3. The van der Waals surface area contributed by atoms with E-state index in [0.29, 0.717) is 11.9 Å². The summed E-state index contributed by atoms with van der Waals surface area (Å²) >= 11 is 5.79. The Balaban J connectivity index is 2.16. The number of likely N-dealkylation sites (tertiary alicyclic amines) is 1. The maximum atomic E-state index is 13.5. The Hall–Kier alpha value is -0.800. The largest absolute Gasteiger partial charge is 0.370 e. The number of hydrogen-bond acceptors (Lipinski definition) is 2. The van der Waals surface area contributed by atoms with E-state index in [1.807, 2.05) is 13.1 Å². The first kappa shape index (κ1) is 13.6. The van der Waals surface area contributed by atoms with Gasteiger partial charge in [0.25, 0.3) is 0 Å². The van der Waals surface area contributed by atoms with Crippen LogP contribution in [0.4, 0.5) is 10.1 Å². The molecule has 1 aromatic carbocycles. The first-order valence-corrected chi connectivity index (χ1v) is 6.90. The van der Waals surface area contributed by atoms with Gasteiger partial charge in [0.05, 0.1) is 0 Å². The van der Waals surface area contributed by atoms with Crippen molar-refractivity contribution in [3.8, 4) is 0 Å². The minimum absolute atomic E-state index is 0.209. The highest BCUT2D eigenvalue weighted by Crippen LogP contribution is 2.24. The fraction of sp³-hybridized carbons (Fsp3) is 0.571. The third kappa shape index (κ3) is 3.15. The number of halogens is 2. The van der Waals surface area contributed by atoms with E-state index in [9.17, 15) is 4.39 Å². The van der Waals surface area contributed by atoms with Gasteiger partial charge in [-0.3, -0.25) is 0 Å². The molecule has 0 amide bonds.